The summed E-state index contributed by atoms with van der Waals surface area (Å²) < 4.78 is 103. The average molecular weight is 1170 g/mol. The zero-order valence-corrected chi connectivity index (χ0v) is 47.7. The summed E-state index contributed by atoms with van der Waals surface area (Å²) in [6.07, 6.45) is -1.72. The van der Waals surface area contributed by atoms with Crippen molar-refractivity contribution in [2.24, 2.45) is 0 Å². The summed E-state index contributed by atoms with van der Waals surface area (Å²) in [6, 6.07) is 64.0. The van der Waals surface area contributed by atoms with E-state index < -0.39 is 54.3 Å². The lowest BCUT2D eigenvalue weighted by atomic mass is 10.2. The Balaban J connectivity index is 0.000000197. The number of carbonyl (C=O) groups is 3. The van der Waals surface area contributed by atoms with E-state index in [1.54, 1.807) is 30.3 Å². The van der Waals surface area contributed by atoms with Gasteiger partial charge in [-0.3, -0.25) is 36.7 Å². The number of hydrogen-bond acceptors (Lipinski definition) is 18. The average Bonchev–Trinajstić information content (AvgIpc) is 3.51. The standard InChI is InChI=1S/C23H23O6P.C19H21O6P.C18H21O6P/c1-19(28-23(24)22-15-9-4-10-16-22)29-30(25,26-17-20-11-5-2-6-12-20)27-18-21-13-7-3-8-14-21;20-18-12-7-13-19(24-18)25-26(21,22-14-16-8-3-1-4-9-16)23-15-17-10-5-2-6-11-17;1-15(19)23-16(2)24-25(20,21-13-17-9-5-3-6-10-17)22-14-18-11-7-4-8-12-18/h2-16,19H,17-18H2,1H3;1-6,8-11,19H,7,12-15H2;3-12,16H,13-14H2,1-2H3. The fourth-order valence-corrected chi connectivity index (χ4v) is 10.7. The van der Waals surface area contributed by atoms with Gasteiger partial charge in [-0.15, -0.1) is 0 Å². The highest BCUT2D eigenvalue weighted by atomic mass is 31.2. The molecule has 3 atom stereocenters. The molecule has 0 radical (unpaired) electrons. The van der Waals surface area contributed by atoms with E-state index in [4.69, 9.17) is 54.9 Å². The molecule has 18 nitrogen and oxygen atoms in total. The minimum Gasteiger partial charge on any atom is -0.436 e. The van der Waals surface area contributed by atoms with E-state index in [2.05, 4.69) is 0 Å². The molecular formula is C60H65O18P3. The molecule has 1 saturated heterocycles. The number of hydrogen-bond donors (Lipinski definition) is 0. The smallest absolute Gasteiger partial charge is 0.436 e. The van der Waals surface area contributed by atoms with E-state index >= 15 is 0 Å². The number of ether oxygens (including phenoxy) is 3. The SMILES string of the molecule is CC(=O)OC(C)OP(=O)(OCc1ccccc1)OCc1ccccc1.CC(OC(=O)c1ccccc1)OP(=O)(OCc1ccccc1)OCc1ccccc1.O=C1CCCC(OP(=O)(OCc2ccccc2)OCc2ccccc2)O1. The Hall–Kier alpha value is -6.72. The minimum absolute atomic E-state index is 0.0201. The Morgan fingerprint density at radius 2 is 0.728 bits per heavy atom. The Morgan fingerprint density at radius 3 is 1.02 bits per heavy atom. The lowest BCUT2D eigenvalue weighted by Gasteiger charge is -2.26. The van der Waals surface area contributed by atoms with Gasteiger partial charge in [0.2, 0.25) is 18.9 Å². The van der Waals surface area contributed by atoms with Crippen molar-refractivity contribution in [3.05, 3.63) is 251 Å². The highest BCUT2D eigenvalue weighted by molar-refractivity contribution is 7.49. The van der Waals surface area contributed by atoms with Crippen LogP contribution in [0.2, 0.25) is 0 Å². The van der Waals surface area contributed by atoms with E-state index in [0.717, 1.165) is 33.4 Å². The van der Waals surface area contributed by atoms with Gasteiger partial charge >= 0.3 is 41.4 Å². The normalized spacial score (nSPS) is 14.1. The summed E-state index contributed by atoms with van der Waals surface area (Å²) in [5, 5.41) is 0. The number of esters is 3. The molecule has 81 heavy (non-hydrogen) atoms. The van der Waals surface area contributed by atoms with Gasteiger partial charge in [0, 0.05) is 19.8 Å². The first-order valence-corrected chi connectivity index (χ1v) is 30.1. The molecular weight excluding hydrogens is 1100 g/mol. The number of phosphoric acid groups is 3. The molecule has 0 aliphatic carbocycles. The number of carbonyl (C=O) groups excluding carboxylic acids is 3. The van der Waals surface area contributed by atoms with Crippen molar-refractivity contribution in [3.63, 3.8) is 0 Å². The van der Waals surface area contributed by atoms with Crippen molar-refractivity contribution < 1.29 is 83.0 Å². The molecule has 1 aliphatic rings. The maximum atomic E-state index is 13.2. The van der Waals surface area contributed by atoms with E-state index in [-0.39, 0.29) is 45.6 Å². The molecule has 0 spiro atoms. The number of benzene rings is 7. The van der Waals surface area contributed by atoms with Gasteiger partial charge < -0.3 is 14.2 Å². The summed E-state index contributed by atoms with van der Waals surface area (Å²) in [7, 11) is -11.9. The molecule has 7 aromatic carbocycles. The Morgan fingerprint density at radius 1 is 0.444 bits per heavy atom. The van der Waals surface area contributed by atoms with Crippen LogP contribution in [0, 0.1) is 0 Å². The van der Waals surface area contributed by atoms with Gasteiger partial charge in [0.1, 0.15) is 0 Å². The van der Waals surface area contributed by atoms with Gasteiger partial charge in [0.15, 0.2) is 0 Å². The summed E-state index contributed by atoms with van der Waals surface area (Å²) in [5.74, 6) is -1.52. The highest BCUT2D eigenvalue weighted by Crippen LogP contribution is 2.54. The maximum absolute atomic E-state index is 13.2. The summed E-state index contributed by atoms with van der Waals surface area (Å²) >= 11 is 0. The zero-order chi connectivity index (χ0) is 57.6. The fraction of sp³-hybridized carbons (Fsp3) is 0.250. The quantitative estimate of drug-likeness (QED) is 0.0203. The van der Waals surface area contributed by atoms with Gasteiger partial charge in [0.05, 0.1) is 45.2 Å². The molecule has 1 heterocycles. The van der Waals surface area contributed by atoms with Crippen molar-refractivity contribution in [3.8, 4) is 0 Å². The maximum Gasteiger partial charge on any atom is 0.478 e. The van der Waals surface area contributed by atoms with Crippen LogP contribution in [0.3, 0.4) is 0 Å². The second kappa shape index (κ2) is 33.9. The van der Waals surface area contributed by atoms with Crippen molar-refractivity contribution in [1.29, 1.82) is 0 Å². The first kappa shape index (κ1) is 63.5. The molecule has 8 rings (SSSR count). The number of phosphoric ester groups is 3. The third-order valence-electron chi connectivity index (χ3n) is 10.9. The molecule has 0 aromatic heterocycles. The molecule has 428 valence electrons. The van der Waals surface area contributed by atoms with Gasteiger partial charge in [-0.2, -0.15) is 0 Å². The van der Waals surface area contributed by atoms with E-state index in [1.807, 2.05) is 182 Å². The van der Waals surface area contributed by atoms with Crippen LogP contribution in [0.5, 0.6) is 0 Å². The second-order valence-electron chi connectivity index (χ2n) is 17.5. The van der Waals surface area contributed by atoms with Crippen LogP contribution in [0.15, 0.2) is 212 Å². The van der Waals surface area contributed by atoms with Crippen LogP contribution >= 0.6 is 23.5 Å². The third-order valence-corrected chi connectivity index (χ3v) is 15.2. The molecule has 0 N–H and O–H groups in total. The molecule has 0 amide bonds. The molecule has 1 fully saturated rings. The second-order valence-corrected chi connectivity index (χ2v) is 22.4. The summed E-state index contributed by atoms with van der Waals surface area (Å²) in [5.41, 5.74) is 5.26. The van der Waals surface area contributed by atoms with Crippen LogP contribution in [0.1, 0.15) is 83.8 Å². The lowest BCUT2D eigenvalue weighted by molar-refractivity contribution is -0.174. The van der Waals surface area contributed by atoms with E-state index in [9.17, 15) is 28.1 Å². The zero-order valence-electron chi connectivity index (χ0n) is 45.0. The number of rotatable bonds is 27. The Kier molecular flexibility index (Phi) is 26.6. The van der Waals surface area contributed by atoms with Crippen LogP contribution < -0.4 is 0 Å². The molecule has 3 unspecified atom stereocenters. The Labute approximate surface area is 472 Å². The van der Waals surface area contributed by atoms with Crippen LogP contribution in [-0.2, 0) is 118 Å². The predicted octanol–water partition coefficient (Wildman–Crippen LogP) is 14.8. The van der Waals surface area contributed by atoms with Crippen LogP contribution in [-0.4, -0.2) is 36.8 Å². The largest absolute Gasteiger partial charge is 0.478 e. The van der Waals surface area contributed by atoms with Crippen molar-refractivity contribution in [2.45, 2.75) is 98.5 Å². The third kappa shape index (κ3) is 24.9. The first-order valence-electron chi connectivity index (χ1n) is 25.7. The van der Waals surface area contributed by atoms with Gasteiger partial charge in [-0.25, -0.2) is 32.1 Å². The van der Waals surface area contributed by atoms with Crippen LogP contribution in [0.25, 0.3) is 0 Å². The summed E-state index contributed by atoms with van der Waals surface area (Å²) in [4.78, 5) is 34.7. The monoisotopic (exact) mass is 1170 g/mol. The minimum atomic E-state index is -4.03. The van der Waals surface area contributed by atoms with Crippen molar-refractivity contribution in [2.75, 3.05) is 0 Å². The first-order chi connectivity index (χ1) is 39.1. The van der Waals surface area contributed by atoms with E-state index in [1.165, 1.54) is 20.8 Å². The molecule has 1 aliphatic heterocycles. The van der Waals surface area contributed by atoms with Gasteiger partial charge in [0.25, 0.3) is 0 Å². The molecule has 7 aromatic rings. The van der Waals surface area contributed by atoms with Crippen LogP contribution in [0.4, 0.5) is 0 Å². The Bertz CT molecular complexity index is 2930. The molecule has 0 saturated carbocycles. The van der Waals surface area contributed by atoms with Crippen molar-refractivity contribution in [1.82, 2.24) is 0 Å². The fourth-order valence-electron chi connectivity index (χ4n) is 6.99. The lowest BCUT2D eigenvalue weighted by Crippen LogP contribution is -2.25. The van der Waals surface area contributed by atoms with E-state index in [0.29, 0.717) is 24.8 Å². The van der Waals surface area contributed by atoms with Gasteiger partial charge in [-0.1, -0.05) is 200 Å². The topological polar surface area (TPSA) is 213 Å². The molecule has 21 heteroatoms. The van der Waals surface area contributed by atoms with Crippen molar-refractivity contribution >= 4 is 41.4 Å². The van der Waals surface area contributed by atoms with Gasteiger partial charge in [-0.05, 0) is 65.8 Å². The summed E-state index contributed by atoms with van der Waals surface area (Å²) in [6.45, 7) is 4.40. The predicted molar refractivity (Wildman–Crippen MR) is 300 cm³/mol. The number of cyclic esters (lactones) is 1. The highest BCUT2D eigenvalue weighted by Gasteiger charge is 2.36. The molecule has 0 bridgehead atoms.